The number of sulfonamides is 1. The highest BCUT2D eigenvalue weighted by Gasteiger charge is 2.50. The van der Waals surface area contributed by atoms with E-state index in [1.807, 2.05) is 24.3 Å². The Morgan fingerprint density at radius 1 is 1.42 bits per heavy atom. The molecule has 0 heterocycles. The van der Waals surface area contributed by atoms with Crippen LogP contribution in [0.2, 0.25) is 0 Å². The van der Waals surface area contributed by atoms with Gasteiger partial charge in [-0.25, -0.2) is 8.42 Å². The van der Waals surface area contributed by atoms with Gasteiger partial charge in [-0.15, -0.1) is 0 Å². The van der Waals surface area contributed by atoms with Gasteiger partial charge in [0.1, 0.15) is 0 Å². The molecule has 106 valence electrons. The number of aliphatic hydroxyl groups excluding tert-OH is 1. The molecule has 1 aromatic rings. The molecule has 0 aliphatic heterocycles. The standard InChI is InChI=1S/C13H18BrNO3S/c1-9(8-16)15(2)19(17,18)13-7-12(13)10-3-5-11(14)6-4-10/h3-6,9,12-13,16H,7-8H2,1-2H3/t9-,12+,13-/m0/s1. The fourth-order valence-electron chi connectivity index (χ4n) is 2.14. The van der Waals surface area contributed by atoms with E-state index in [9.17, 15) is 8.42 Å². The van der Waals surface area contributed by atoms with Crippen molar-refractivity contribution in [3.8, 4) is 0 Å². The molecule has 2 rings (SSSR count). The summed E-state index contributed by atoms with van der Waals surface area (Å²) in [6, 6.07) is 7.39. The molecular weight excluding hydrogens is 330 g/mol. The van der Waals surface area contributed by atoms with Crippen molar-refractivity contribution < 1.29 is 13.5 Å². The number of halogens is 1. The van der Waals surface area contributed by atoms with E-state index in [1.54, 1.807) is 6.92 Å². The van der Waals surface area contributed by atoms with Gasteiger partial charge in [0, 0.05) is 23.5 Å². The summed E-state index contributed by atoms with van der Waals surface area (Å²) < 4.78 is 27.0. The molecule has 0 bridgehead atoms. The number of benzene rings is 1. The number of likely N-dealkylation sites (N-methyl/N-ethyl adjacent to an activating group) is 1. The molecule has 19 heavy (non-hydrogen) atoms. The van der Waals surface area contributed by atoms with Gasteiger partial charge in [-0.1, -0.05) is 28.1 Å². The number of rotatable bonds is 5. The Labute approximate surface area is 122 Å². The molecule has 1 aromatic carbocycles. The molecule has 4 nitrogen and oxygen atoms in total. The van der Waals surface area contributed by atoms with Crippen LogP contribution in [-0.2, 0) is 10.0 Å². The predicted octanol–water partition coefficient (Wildman–Crippen LogP) is 1.95. The molecular formula is C13H18BrNO3S. The van der Waals surface area contributed by atoms with E-state index in [1.165, 1.54) is 11.4 Å². The number of aliphatic hydroxyl groups is 1. The van der Waals surface area contributed by atoms with Gasteiger partial charge in [-0.2, -0.15) is 4.31 Å². The first-order chi connectivity index (χ1) is 8.87. The minimum absolute atomic E-state index is 0.0754. The largest absolute Gasteiger partial charge is 0.395 e. The van der Waals surface area contributed by atoms with Gasteiger partial charge in [-0.05, 0) is 31.0 Å². The Bertz CT molecular complexity index is 544. The minimum Gasteiger partial charge on any atom is -0.395 e. The zero-order chi connectivity index (χ0) is 14.2. The van der Waals surface area contributed by atoms with Crippen LogP contribution in [0.3, 0.4) is 0 Å². The van der Waals surface area contributed by atoms with Gasteiger partial charge in [-0.3, -0.25) is 0 Å². The molecule has 0 radical (unpaired) electrons. The highest BCUT2D eigenvalue weighted by molar-refractivity contribution is 9.10. The van der Waals surface area contributed by atoms with Crippen LogP contribution >= 0.6 is 15.9 Å². The van der Waals surface area contributed by atoms with Crippen LogP contribution in [0.4, 0.5) is 0 Å². The van der Waals surface area contributed by atoms with E-state index in [2.05, 4.69) is 15.9 Å². The molecule has 1 N–H and O–H groups in total. The molecule has 1 aliphatic rings. The fraction of sp³-hybridized carbons (Fsp3) is 0.538. The molecule has 0 amide bonds. The minimum atomic E-state index is -3.32. The second-order valence-electron chi connectivity index (χ2n) is 5.02. The predicted molar refractivity (Wildman–Crippen MR) is 78.5 cm³/mol. The van der Waals surface area contributed by atoms with Crippen molar-refractivity contribution in [2.24, 2.45) is 0 Å². The summed E-state index contributed by atoms with van der Waals surface area (Å²) in [6.45, 7) is 1.54. The zero-order valence-electron chi connectivity index (χ0n) is 11.0. The Kier molecular flexibility index (Phi) is 4.35. The third kappa shape index (κ3) is 3.02. The van der Waals surface area contributed by atoms with E-state index >= 15 is 0 Å². The normalized spacial score (nSPS) is 24.5. The molecule has 0 unspecified atom stereocenters. The van der Waals surface area contributed by atoms with Crippen LogP contribution in [0, 0.1) is 0 Å². The zero-order valence-corrected chi connectivity index (χ0v) is 13.4. The van der Waals surface area contributed by atoms with Gasteiger partial charge in [0.05, 0.1) is 11.9 Å². The highest BCUT2D eigenvalue weighted by atomic mass is 79.9. The summed E-state index contributed by atoms with van der Waals surface area (Å²) >= 11 is 3.37. The summed E-state index contributed by atoms with van der Waals surface area (Å²) in [7, 11) is -1.79. The lowest BCUT2D eigenvalue weighted by Crippen LogP contribution is -2.39. The summed E-state index contributed by atoms with van der Waals surface area (Å²) in [5, 5.41) is 8.72. The lowest BCUT2D eigenvalue weighted by atomic mass is 10.1. The van der Waals surface area contributed by atoms with E-state index in [0.717, 1.165) is 10.0 Å². The molecule has 3 atom stereocenters. The molecule has 1 fully saturated rings. The third-order valence-electron chi connectivity index (χ3n) is 3.70. The molecule has 0 aromatic heterocycles. The molecule has 0 spiro atoms. The van der Waals surface area contributed by atoms with Crippen molar-refractivity contribution in [3.63, 3.8) is 0 Å². The molecule has 0 saturated heterocycles. The van der Waals surface area contributed by atoms with Gasteiger partial charge >= 0.3 is 0 Å². The van der Waals surface area contributed by atoms with Crippen LogP contribution < -0.4 is 0 Å². The van der Waals surface area contributed by atoms with Gasteiger partial charge < -0.3 is 5.11 Å². The lowest BCUT2D eigenvalue weighted by Gasteiger charge is -2.22. The monoisotopic (exact) mass is 347 g/mol. The van der Waals surface area contributed by atoms with E-state index < -0.39 is 10.0 Å². The highest BCUT2D eigenvalue weighted by Crippen LogP contribution is 2.47. The second kappa shape index (κ2) is 5.52. The maximum absolute atomic E-state index is 12.3. The summed E-state index contributed by atoms with van der Waals surface area (Å²) in [4.78, 5) is 0. The van der Waals surface area contributed by atoms with Crippen LogP contribution in [-0.4, -0.2) is 42.8 Å². The van der Waals surface area contributed by atoms with Crippen molar-refractivity contribution in [2.45, 2.75) is 30.6 Å². The number of hydrogen-bond acceptors (Lipinski definition) is 3. The topological polar surface area (TPSA) is 57.6 Å². The number of hydrogen-bond donors (Lipinski definition) is 1. The first-order valence-electron chi connectivity index (χ1n) is 6.21. The maximum Gasteiger partial charge on any atom is 0.217 e. The lowest BCUT2D eigenvalue weighted by molar-refractivity contribution is 0.213. The van der Waals surface area contributed by atoms with Crippen LogP contribution in [0.5, 0.6) is 0 Å². The summed E-state index contributed by atoms with van der Waals surface area (Å²) in [6.07, 6.45) is 0.659. The van der Waals surface area contributed by atoms with E-state index in [4.69, 9.17) is 5.11 Å². The number of nitrogens with zero attached hydrogens (tertiary/aromatic N) is 1. The average Bonchev–Trinajstić information content (AvgIpc) is 3.18. The smallest absolute Gasteiger partial charge is 0.217 e. The third-order valence-corrected chi connectivity index (χ3v) is 6.68. The summed E-state index contributed by atoms with van der Waals surface area (Å²) in [5.41, 5.74) is 1.06. The van der Waals surface area contributed by atoms with Crippen LogP contribution in [0.25, 0.3) is 0 Å². The molecule has 1 aliphatic carbocycles. The van der Waals surface area contributed by atoms with Crippen molar-refractivity contribution in [1.29, 1.82) is 0 Å². The first-order valence-corrected chi connectivity index (χ1v) is 8.50. The quantitative estimate of drug-likeness (QED) is 0.885. The van der Waals surface area contributed by atoms with E-state index in [0.29, 0.717) is 6.42 Å². The second-order valence-corrected chi connectivity index (χ2v) is 8.15. The van der Waals surface area contributed by atoms with Gasteiger partial charge in [0.15, 0.2) is 0 Å². The van der Waals surface area contributed by atoms with Gasteiger partial charge in [0.2, 0.25) is 10.0 Å². The van der Waals surface area contributed by atoms with Crippen molar-refractivity contribution in [2.75, 3.05) is 13.7 Å². The van der Waals surface area contributed by atoms with Crippen molar-refractivity contribution in [3.05, 3.63) is 34.3 Å². The fourth-order valence-corrected chi connectivity index (χ4v) is 4.42. The molecule has 6 heteroatoms. The van der Waals surface area contributed by atoms with Crippen LogP contribution in [0.1, 0.15) is 24.8 Å². The maximum atomic E-state index is 12.3. The Balaban J connectivity index is 2.12. The molecule has 1 saturated carbocycles. The SMILES string of the molecule is C[C@@H](CO)N(C)S(=O)(=O)[C@H]1C[C@@H]1c1ccc(Br)cc1. The van der Waals surface area contributed by atoms with Crippen molar-refractivity contribution in [1.82, 2.24) is 4.31 Å². The average molecular weight is 348 g/mol. The van der Waals surface area contributed by atoms with E-state index in [-0.39, 0.29) is 23.8 Å². The van der Waals surface area contributed by atoms with Crippen molar-refractivity contribution >= 4 is 26.0 Å². The summed E-state index contributed by atoms with van der Waals surface area (Å²) in [5.74, 6) is 0.0754. The Morgan fingerprint density at radius 3 is 2.53 bits per heavy atom. The Hall–Kier alpha value is -0.430. The van der Waals surface area contributed by atoms with Gasteiger partial charge in [0.25, 0.3) is 0 Å². The first kappa shape index (κ1) is 15.0. The Morgan fingerprint density at radius 2 is 2.00 bits per heavy atom. The van der Waals surface area contributed by atoms with Crippen LogP contribution in [0.15, 0.2) is 28.7 Å².